The van der Waals surface area contributed by atoms with Crippen LogP contribution in [0.1, 0.15) is 12.6 Å². The number of benzene rings is 2. The van der Waals surface area contributed by atoms with E-state index >= 15 is 0 Å². The molecule has 1 aromatic heterocycles. The zero-order valence-corrected chi connectivity index (χ0v) is 15.9. The minimum absolute atomic E-state index is 0.444. The number of aromatic nitrogens is 2. The molecule has 0 unspecified atom stereocenters. The van der Waals surface area contributed by atoms with E-state index in [-0.39, 0.29) is 0 Å². The first-order chi connectivity index (χ1) is 12.5. The maximum atomic E-state index is 6.04. The van der Waals surface area contributed by atoms with Gasteiger partial charge in [0.15, 0.2) is 0 Å². The summed E-state index contributed by atoms with van der Waals surface area (Å²) in [5.41, 5.74) is 2.37. The van der Waals surface area contributed by atoms with Crippen molar-refractivity contribution in [1.29, 1.82) is 0 Å². The predicted octanol–water partition coefficient (Wildman–Crippen LogP) is 5.98. The molecule has 0 aliphatic heterocycles. The molecule has 0 atom stereocenters. The molecule has 0 saturated carbocycles. The fraction of sp³-hybridized carbons (Fsp3) is 0.158. The summed E-state index contributed by atoms with van der Waals surface area (Å²) >= 11 is 12.1. The van der Waals surface area contributed by atoms with Gasteiger partial charge in [0.05, 0.1) is 12.3 Å². The molecule has 1 heterocycles. The van der Waals surface area contributed by atoms with Gasteiger partial charge in [0.2, 0.25) is 5.95 Å². The lowest BCUT2D eigenvalue weighted by molar-refractivity contribution is 0.342. The van der Waals surface area contributed by atoms with Gasteiger partial charge in [0.1, 0.15) is 11.6 Å². The molecule has 26 heavy (non-hydrogen) atoms. The molecule has 0 spiro atoms. The highest BCUT2D eigenvalue weighted by Crippen LogP contribution is 2.28. The predicted molar refractivity (Wildman–Crippen MR) is 107 cm³/mol. The van der Waals surface area contributed by atoms with E-state index in [1.807, 2.05) is 44.2 Å². The van der Waals surface area contributed by atoms with E-state index in [2.05, 4.69) is 20.6 Å². The highest BCUT2D eigenvalue weighted by molar-refractivity contribution is 6.35. The fourth-order valence-corrected chi connectivity index (χ4v) is 2.96. The van der Waals surface area contributed by atoms with Crippen molar-refractivity contribution in [3.8, 4) is 5.75 Å². The van der Waals surface area contributed by atoms with Gasteiger partial charge >= 0.3 is 0 Å². The lowest BCUT2D eigenvalue weighted by Gasteiger charge is -2.13. The topological polar surface area (TPSA) is 59.1 Å². The largest absolute Gasteiger partial charge is 0.492 e. The average molecular weight is 389 g/mol. The van der Waals surface area contributed by atoms with Crippen molar-refractivity contribution in [2.24, 2.45) is 0 Å². The lowest BCUT2D eigenvalue weighted by Crippen LogP contribution is -2.03. The summed E-state index contributed by atoms with van der Waals surface area (Å²) in [5, 5.41) is 7.49. The highest BCUT2D eigenvalue weighted by atomic mass is 35.5. The van der Waals surface area contributed by atoms with Crippen LogP contribution in [0.15, 0.2) is 48.5 Å². The molecule has 0 radical (unpaired) electrons. The molecule has 0 saturated heterocycles. The van der Waals surface area contributed by atoms with Crippen molar-refractivity contribution in [2.45, 2.75) is 13.8 Å². The number of halogens is 2. The minimum Gasteiger partial charge on any atom is -0.492 e. The average Bonchev–Trinajstić information content (AvgIpc) is 2.55. The molecule has 134 valence electrons. The van der Waals surface area contributed by atoms with Crippen molar-refractivity contribution in [1.82, 2.24) is 9.97 Å². The van der Waals surface area contributed by atoms with E-state index in [1.54, 1.807) is 18.2 Å². The van der Waals surface area contributed by atoms with E-state index < -0.39 is 0 Å². The molecule has 7 heteroatoms. The van der Waals surface area contributed by atoms with Gasteiger partial charge in [-0.25, -0.2) is 4.98 Å². The standard InChI is InChI=1S/C19H18Cl2N4O/c1-3-26-17-7-5-4-6-16(17)24-18-8-12(2)22-19(25-18)23-15-10-13(20)9-14(21)11-15/h4-11H,3H2,1-2H3,(H2,22,23,24,25). The van der Waals surface area contributed by atoms with Crippen LogP contribution in [0.5, 0.6) is 5.75 Å². The Bertz CT molecular complexity index is 898. The second-order valence-corrected chi connectivity index (χ2v) is 6.43. The Hall–Kier alpha value is -2.50. The van der Waals surface area contributed by atoms with Gasteiger partial charge in [0.25, 0.3) is 0 Å². The molecule has 2 aromatic carbocycles. The van der Waals surface area contributed by atoms with Crippen LogP contribution in [-0.2, 0) is 0 Å². The lowest BCUT2D eigenvalue weighted by atomic mass is 10.3. The molecule has 0 fully saturated rings. The molecular weight excluding hydrogens is 371 g/mol. The van der Waals surface area contributed by atoms with Gasteiger partial charge in [-0.05, 0) is 44.2 Å². The van der Waals surface area contributed by atoms with Crippen molar-refractivity contribution in [3.63, 3.8) is 0 Å². The molecule has 0 aliphatic rings. The van der Waals surface area contributed by atoms with Crippen LogP contribution < -0.4 is 15.4 Å². The number of ether oxygens (including phenoxy) is 1. The zero-order chi connectivity index (χ0) is 18.5. The molecule has 0 bridgehead atoms. The van der Waals surface area contributed by atoms with Crippen LogP contribution in [0.3, 0.4) is 0 Å². The number of rotatable bonds is 6. The van der Waals surface area contributed by atoms with Crippen LogP contribution in [0, 0.1) is 6.92 Å². The maximum Gasteiger partial charge on any atom is 0.229 e. The number of nitrogens with zero attached hydrogens (tertiary/aromatic N) is 2. The number of nitrogens with one attached hydrogen (secondary N) is 2. The van der Waals surface area contributed by atoms with Crippen molar-refractivity contribution in [2.75, 3.05) is 17.2 Å². The number of hydrogen-bond donors (Lipinski definition) is 2. The number of anilines is 4. The maximum absolute atomic E-state index is 6.04. The summed E-state index contributed by atoms with van der Waals surface area (Å²) in [5.74, 6) is 1.86. The van der Waals surface area contributed by atoms with E-state index in [1.165, 1.54) is 0 Å². The van der Waals surface area contributed by atoms with Crippen LogP contribution in [0.2, 0.25) is 10.0 Å². The normalized spacial score (nSPS) is 10.5. The van der Waals surface area contributed by atoms with Gasteiger partial charge in [-0.3, -0.25) is 0 Å². The van der Waals surface area contributed by atoms with Gasteiger partial charge in [-0.2, -0.15) is 4.98 Å². The van der Waals surface area contributed by atoms with E-state index in [4.69, 9.17) is 27.9 Å². The van der Waals surface area contributed by atoms with E-state index in [9.17, 15) is 0 Å². The van der Waals surface area contributed by atoms with Crippen molar-refractivity contribution < 1.29 is 4.74 Å². The SMILES string of the molecule is CCOc1ccccc1Nc1cc(C)nc(Nc2cc(Cl)cc(Cl)c2)n1. The summed E-state index contributed by atoms with van der Waals surface area (Å²) in [6, 6.07) is 14.8. The number of para-hydroxylation sites is 2. The van der Waals surface area contributed by atoms with Crippen LogP contribution >= 0.6 is 23.2 Å². The van der Waals surface area contributed by atoms with Crippen LogP contribution in [0.25, 0.3) is 0 Å². The first-order valence-electron chi connectivity index (χ1n) is 8.11. The Balaban J connectivity index is 1.86. The van der Waals surface area contributed by atoms with Gasteiger partial charge in [-0.1, -0.05) is 35.3 Å². The van der Waals surface area contributed by atoms with E-state index in [0.29, 0.717) is 34.1 Å². The summed E-state index contributed by atoms with van der Waals surface area (Å²) < 4.78 is 5.64. The van der Waals surface area contributed by atoms with Crippen molar-refractivity contribution >= 4 is 46.3 Å². The van der Waals surface area contributed by atoms with Crippen molar-refractivity contribution in [3.05, 3.63) is 64.3 Å². The number of hydrogen-bond acceptors (Lipinski definition) is 5. The molecule has 3 aromatic rings. The van der Waals surface area contributed by atoms with Gasteiger partial charge in [0, 0.05) is 27.5 Å². The Kier molecular flexibility index (Phi) is 5.81. The Morgan fingerprint density at radius 1 is 0.962 bits per heavy atom. The molecule has 3 rings (SSSR count). The summed E-state index contributed by atoms with van der Waals surface area (Å²) in [4.78, 5) is 8.92. The van der Waals surface area contributed by atoms with Gasteiger partial charge < -0.3 is 15.4 Å². The first kappa shape index (κ1) is 18.3. The molecular formula is C19H18Cl2N4O. The molecule has 0 aliphatic carbocycles. The second-order valence-electron chi connectivity index (χ2n) is 5.56. The third-order valence-corrected chi connectivity index (χ3v) is 3.86. The molecule has 2 N–H and O–H groups in total. The smallest absolute Gasteiger partial charge is 0.229 e. The fourth-order valence-electron chi connectivity index (χ4n) is 2.43. The monoisotopic (exact) mass is 388 g/mol. The zero-order valence-electron chi connectivity index (χ0n) is 14.4. The van der Waals surface area contributed by atoms with E-state index in [0.717, 1.165) is 17.1 Å². The number of aryl methyl sites for hydroxylation is 1. The quantitative estimate of drug-likeness (QED) is 0.543. The first-order valence-corrected chi connectivity index (χ1v) is 8.86. The molecule has 5 nitrogen and oxygen atoms in total. The second kappa shape index (κ2) is 8.25. The summed E-state index contributed by atoms with van der Waals surface area (Å²) in [6.07, 6.45) is 0. The Labute approximate surface area is 162 Å². The molecule has 0 amide bonds. The summed E-state index contributed by atoms with van der Waals surface area (Å²) in [6.45, 7) is 4.44. The third kappa shape index (κ3) is 4.77. The Morgan fingerprint density at radius 3 is 2.42 bits per heavy atom. The van der Waals surface area contributed by atoms with Crippen LogP contribution in [-0.4, -0.2) is 16.6 Å². The summed E-state index contributed by atoms with van der Waals surface area (Å²) in [7, 11) is 0. The van der Waals surface area contributed by atoms with Gasteiger partial charge in [-0.15, -0.1) is 0 Å². The Morgan fingerprint density at radius 2 is 1.69 bits per heavy atom. The highest BCUT2D eigenvalue weighted by Gasteiger charge is 2.08. The minimum atomic E-state index is 0.444. The van der Waals surface area contributed by atoms with Crippen LogP contribution in [0.4, 0.5) is 23.1 Å². The third-order valence-electron chi connectivity index (χ3n) is 3.42.